The first kappa shape index (κ1) is 11.5. The second kappa shape index (κ2) is 6.02. The van der Waals surface area contributed by atoms with Crippen molar-refractivity contribution in [1.29, 1.82) is 0 Å². The zero-order chi connectivity index (χ0) is 10.4. The molecule has 1 heterocycles. The van der Waals surface area contributed by atoms with Gasteiger partial charge in [-0.1, -0.05) is 26.2 Å². The molecule has 2 atom stereocenters. The van der Waals surface area contributed by atoms with Crippen molar-refractivity contribution in [3.63, 3.8) is 0 Å². The summed E-state index contributed by atoms with van der Waals surface area (Å²) < 4.78 is 5.34. The third-order valence-corrected chi connectivity index (χ3v) is 2.95. The van der Waals surface area contributed by atoms with Gasteiger partial charge in [0.05, 0.1) is 13.0 Å². The molecule has 0 aromatic heterocycles. The first-order valence-corrected chi connectivity index (χ1v) is 5.53. The highest BCUT2D eigenvalue weighted by atomic mass is 16.5. The molecular formula is C11H20O3. The van der Waals surface area contributed by atoms with Crippen LogP contribution in [0.5, 0.6) is 0 Å². The van der Waals surface area contributed by atoms with Crippen LogP contribution in [0.2, 0.25) is 0 Å². The fourth-order valence-corrected chi connectivity index (χ4v) is 2.07. The minimum Gasteiger partial charge on any atom is -0.481 e. The van der Waals surface area contributed by atoms with Gasteiger partial charge in [-0.2, -0.15) is 0 Å². The molecule has 0 aromatic rings. The third kappa shape index (κ3) is 3.66. The topological polar surface area (TPSA) is 46.5 Å². The largest absolute Gasteiger partial charge is 0.481 e. The zero-order valence-corrected chi connectivity index (χ0v) is 8.87. The molecule has 1 saturated heterocycles. The van der Waals surface area contributed by atoms with Crippen LogP contribution in [0, 0.1) is 11.8 Å². The highest BCUT2D eigenvalue weighted by Gasteiger charge is 2.29. The summed E-state index contributed by atoms with van der Waals surface area (Å²) >= 11 is 0. The Balaban J connectivity index is 2.24. The monoisotopic (exact) mass is 200 g/mol. The second-order valence-corrected chi connectivity index (χ2v) is 4.15. The molecule has 0 aliphatic carbocycles. The predicted molar refractivity (Wildman–Crippen MR) is 54.2 cm³/mol. The number of carboxylic acids is 1. The van der Waals surface area contributed by atoms with E-state index in [4.69, 9.17) is 9.84 Å². The molecule has 2 unspecified atom stereocenters. The Labute approximate surface area is 85.5 Å². The summed E-state index contributed by atoms with van der Waals surface area (Å²) in [4.78, 5) is 10.6. The molecule has 0 saturated carbocycles. The van der Waals surface area contributed by atoms with Crippen LogP contribution < -0.4 is 0 Å². The third-order valence-electron chi connectivity index (χ3n) is 2.95. The van der Waals surface area contributed by atoms with Crippen molar-refractivity contribution in [2.45, 2.75) is 39.0 Å². The van der Waals surface area contributed by atoms with Crippen molar-refractivity contribution in [2.24, 2.45) is 11.8 Å². The minimum atomic E-state index is -0.694. The summed E-state index contributed by atoms with van der Waals surface area (Å²) in [5.41, 5.74) is 0. The van der Waals surface area contributed by atoms with Gasteiger partial charge in [-0.15, -0.1) is 0 Å². The van der Waals surface area contributed by atoms with Crippen LogP contribution in [-0.4, -0.2) is 24.3 Å². The van der Waals surface area contributed by atoms with E-state index >= 15 is 0 Å². The summed E-state index contributed by atoms with van der Waals surface area (Å²) in [5.74, 6) is 0.0444. The molecule has 0 aromatic carbocycles. The lowest BCUT2D eigenvalue weighted by Crippen LogP contribution is -2.16. The summed E-state index contributed by atoms with van der Waals surface area (Å²) in [6, 6.07) is 0. The van der Waals surface area contributed by atoms with Gasteiger partial charge in [0.2, 0.25) is 0 Å². The Kier molecular flexibility index (Phi) is 4.94. The number of hydrogen-bond donors (Lipinski definition) is 1. The van der Waals surface area contributed by atoms with Crippen molar-refractivity contribution in [2.75, 3.05) is 13.2 Å². The van der Waals surface area contributed by atoms with Gasteiger partial charge in [0, 0.05) is 6.61 Å². The zero-order valence-electron chi connectivity index (χ0n) is 8.87. The van der Waals surface area contributed by atoms with E-state index in [1.165, 1.54) is 19.3 Å². The molecule has 1 aliphatic rings. The SMILES string of the molecule is CCCCCC1COCC1CC(=O)O. The van der Waals surface area contributed by atoms with Crippen LogP contribution in [0.15, 0.2) is 0 Å². The fourth-order valence-electron chi connectivity index (χ4n) is 2.07. The molecule has 0 radical (unpaired) electrons. The summed E-state index contributed by atoms with van der Waals surface area (Å²) in [7, 11) is 0. The standard InChI is InChI=1S/C11H20O3/c1-2-3-4-5-9-7-14-8-10(9)6-11(12)13/h9-10H,2-8H2,1H3,(H,12,13). The Morgan fingerprint density at radius 3 is 2.71 bits per heavy atom. The highest BCUT2D eigenvalue weighted by Crippen LogP contribution is 2.28. The van der Waals surface area contributed by atoms with Gasteiger partial charge < -0.3 is 9.84 Å². The number of hydrogen-bond acceptors (Lipinski definition) is 2. The van der Waals surface area contributed by atoms with Crippen LogP contribution in [-0.2, 0) is 9.53 Å². The van der Waals surface area contributed by atoms with Gasteiger partial charge >= 0.3 is 5.97 Å². The number of carbonyl (C=O) groups is 1. The van der Waals surface area contributed by atoms with Crippen LogP contribution >= 0.6 is 0 Å². The van der Waals surface area contributed by atoms with Crippen molar-refractivity contribution < 1.29 is 14.6 Å². The van der Waals surface area contributed by atoms with Gasteiger partial charge in [-0.25, -0.2) is 0 Å². The number of aliphatic carboxylic acids is 1. The Bertz CT molecular complexity index is 179. The molecule has 82 valence electrons. The molecule has 14 heavy (non-hydrogen) atoms. The van der Waals surface area contributed by atoms with Gasteiger partial charge in [0.15, 0.2) is 0 Å². The molecule has 3 heteroatoms. The number of rotatable bonds is 6. The van der Waals surface area contributed by atoms with Crippen LogP contribution in [0.1, 0.15) is 39.0 Å². The lowest BCUT2D eigenvalue weighted by Gasteiger charge is -2.14. The maximum Gasteiger partial charge on any atom is 0.303 e. The quantitative estimate of drug-likeness (QED) is 0.669. The van der Waals surface area contributed by atoms with Crippen LogP contribution in [0.25, 0.3) is 0 Å². The van der Waals surface area contributed by atoms with E-state index < -0.39 is 5.97 Å². The van der Waals surface area contributed by atoms with Crippen LogP contribution in [0.3, 0.4) is 0 Å². The predicted octanol–water partition coefficient (Wildman–Crippen LogP) is 2.30. The number of unbranched alkanes of at least 4 members (excludes halogenated alkanes) is 2. The van der Waals surface area contributed by atoms with E-state index in [-0.39, 0.29) is 12.3 Å². The average molecular weight is 200 g/mol. The molecular weight excluding hydrogens is 180 g/mol. The maximum atomic E-state index is 10.6. The molecule has 1 fully saturated rings. The van der Waals surface area contributed by atoms with E-state index in [9.17, 15) is 4.79 Å². The average Bonchev–Trinajstić information content (AvgIpc) is 2.52. The summed E-state index contributed by atoms with van der Waals surface area (Å²) in [6.07, 6.45) is 5.08. The van der Waals surface area contributed by atoms with Crippen molar-refractivity contribution in [3.8, 4) is 0 Å². The first-order valence-electron chi connectivity index (χ1n) is 5.53. The van der Waals surface area contributed by atoms with E-state index in [0.717, 1.165) is 13.0 Å². The molecule has 1 rings (SSSR count). The first-order chi connectivity index (χ1) is 6.74. The molecule has 1 N–H and O–H groups in total. The molecule has 0 spiro atoms. The van der Waals surface area contributed by atoms with E-state index in [2.05, 4.69) is 6.92 Å². The second-order valence-electron chi connectivity index (χ2n) is 4.15. The molecule has 0 amide bonds. The van der Waals surface area contributed by atoms with E-state index in [0.29, 0.717) is 12.5 Å². The summed E-state index contributed by atoms with van der Waals surface area (Å²) in [6.45, 7) is 3.59. The normalized spacial score (nSPS) is 26.6. The molecule has 3 nitrogen and oxygen atoms in total. The minimum absolute atomic E-state index is 0.254. The van der Waals surface area contributed by atoms with Gasteiger partial charge in [0.25, 0.3) is 0 Å². The number of carboxylic acid groups (broad SMARTS) is 1. The maximum absolute atomic E-state index is 10.6. The van der Waals surface area contributed by atoms with Gasteiger partial charge in [-0.05, 0) is 18.3 Å². The highest BCUT2D eigenvalue weighted by molar-refractivity contribution is 5.67. The molecule has 1 aliphatic heterocycles. The Morgan fingerprint density at radius 2 is 2.07 bits per heavy atom. The smallest absolute Gasteiger partial charge is 0.303 e. The molecule has 0 bridgehead atoms. The van der Waals surface area contributed by atoms with Crippen LogP contribution in [0.4, 0.5) is 0 Å². The lowest BCUT2D eigenvalue weighted by atomic mass is 9.88. The Morgan fingerprint density at radius 1 is 1.36 bits per heavy atom. The van der Waals surface area contributed by atoms with Crippen molar-refractivity contribution in [3.05, 3.63) is 0 Å². The van der Waals surface area contributed by atoms with E-state index in [1.54, 1.807) is 0 Å². The van der Waals surface area contributed by atoms with E-state index in [1.807, 2.05) is 0 Å². The lowest BCUT2D eigenvalue weighted by molar-refractivity contribution is -0.138. The van der Waals surface area contributed by atoms with Crippen molar-refractivity contribution >= 4 is 5.97 Å². The van der Waals surface area contributed by atoms with Gasteiger partial charge in [-0.3, -0.25) is 4.79 Å². The van der Waals surface area contributed by atoms with Gasteiger partial charge in [0.1, 0.15) is 0 Å². The fraction of sp³-hybridized carbons (Fsp3) is 0.909. The Hall–Kier alpha value is -0.570. The van der Waals surface area contributed by atoms with Crippen molar-refractivity contribution in [1.82, 2.24) is 0 Å². The summed E-state index contributed by atoms with van der Waals surface area (Å²) in [5, 5.41) is 8.71. The number of ether oxygens (including phenoxy) is 1.